The Morgan fingerprint density at radius 2 is 2.33 bits per heavy atom. The van der Waals surface area contributed by atoms with Gasteiger partial charge in [-0.2, -0.15) is 0 Å². The van der Waals surface area contributed by atoms with Gasteiger partial charge < -0.3 is 5.32 Å². The minimum absolute atomic E-state index is 0.381. The topological polar surface area (TPSA) is 12.0 Å². The number of hydrogen-bond donors (Lipinski definition) is 1. The molecule has 0 atom stereocenters. The van der Waals surface area contributed by atoms with Crippen LogP contribution in [0.2, 0.25) is 0 Å². The summed E-state index contributed by atoms with van der Waals surface area (Å²) in [4.78, 5) is 0. The molecule has 1 fully saturated rings. The number of nitrogens with one attached hydrogen (secondary N) is 1. The molecule has 0 heterocycles. The molecule has 0 amide bonds. The lowest BCUT2D eigenvalue weighted by Crippen LogP contribution is -2.48. The zero-order valence-electron chi connectivity index (χ0n) is 5.91. The Labute approximate surface area is 56.8 Å². The third kappa shape index (κ3) is 1.46. The van der Waals surface area contributed by atoms with Gasteiger partial charge in [-0.05, 0) is 26.2 Å². The van der Waals surface area contributed by atoms with E-state index in [2.05, 4.69) is 18.2 Å². The molecule has 0 aliphatic heterocycles. The smallest absolute Gasteiger partial charge is 0.0577 e. The summed E-state index contributed by atoms with van der Waals surface area (Å²) in [7, 11) is 0. The maximum Gasteiger partial charge on any atom is 0.0577 e. The van der Waals surface area contributed by atoms with E-state index in [9.17, 15) is 0 Å². The molecule has 1 aliphatic rings. The van der Waals surface area contributed by atoms with Crippen LogP contribution in [0.25, 0.3) is 0 Å². The molecule has 0 bridgehead atoms. The van der Waals surface area contributed by atoms with Gasteiger partial charge in [0.05, 0.1) is 6.54 Å². The molecule has 0 radical (unpaired) electrons. The van der Waals surface area contributed by atoms with E-state index < -0.39 is 0 Å². The first-order chi connectivity index (χ1) is 4.27. The van der Waals surface area contributed by atoms with Gasteiger partial charge in [0.25, 0.3) is 0 Å². The Kier molecular flexibility index (Phi) is 1.78. The summed E-state index contributed by atoms with van der Waals surface area (Å²) < 4.78 is 0. The van der Waals surface area contributed by atoms with E-state index in [1.807, 2.05) is 0 Å². The SMILES string of the molecule is C#CCNC1(C)CCC1. The Morgan fingerprint density at radius 1 is 1.67 bits per heavy atom. The van der Waals surface area contributed by atoms with E-state index in [-0.39, 0.29) is 0 Å². The van der Waals surface area contributed by atoms with Gasteiger partial charge in [0.15, 0.2) is 0 Å². The van der Waals surface area contributed by atoms with Crippen LogP contribution in [0.3, 0.4) is 0 Å². The zero-order valence-corrected chi connectivity index (χ0v) is 5.91. The Balaban J connectivity index is 2.19. The summed E-state index contributed by atoms with van der Waals surface area (Å²) in [6.07, 6.45) is 9.03. The Morgan fingerprint density at radius 3 is 2.67 bits per heavy atom. The maximum absolute atomic E-state index is 5.10. The first kappa shape index (κ1) is 6.64. The third-order valence-corrected chi connectivity index (χ3v) is 2.07. The second-order valence-electron chi connectivity index (χ2n) is 2.97. The molecule has 1 rings (SSSR count). The summed E-state index contributed by atoms with van der Waals surface area (Å²) in [5.74, 6) is 2.58. The fraction of sp³-hybridized carbons (Fsp3) is 0.750. The zero-order chi connectivity index (χ0) is 6.74. The molecular weight excluding hydrogens is 110 g/mol. The predicted octanol–water partition coefficient (Wildman–Crippen LogP) is 1.15. The van der Waals surface area contributed by atoms with Crippen LogP contribution >= 0.6 is 0 Å². The number of rotatable bonds is 2. The summed E-state index contributed by atoms with van der Waals surface area (Å²) in [5, 5.41) is 3.31. The van der Waals surface area contributed by atoms with E-state index in [0.29, 0.717) is 5.54 Å². The monoisotopic (exact) mass is 123 g/mol. The van der Waals surface area contributed by atoms with E-state index >= 15 is 0 Å². The third-order valence-electron chi connectivity index (χ3n) is 2.07. The highest BCUT2D eigenvalue weighted by molar-refractivity contribution is 4.96. The minimum atomic E-state index is 0.381. The van der Waals surface area contributed by atoms with Crippen molar-refractivity contribution in [3.63, 3.8) is 0 Å². The van der Waals surface area contributed by atoms with Crippen LogP contribution in [0.15, 0.2) is 0 Å². The molecule has 0 spiro atoms. The van der Waals surface area contributed by atoms with Gasteiger partial charge in [-0.1, -0.05) is 5.92 Å². The molecule has 0 aromatic carbocycles. The van der Waals surface area contributed by atoms with Crippen molar-refractivity contribution in [3.05, 3.63) is 0 Å². The van der Waals surface area contributed by atoms with Crippen molar-refractivity contribution in [2.24, 2.45) is 0 Å². The largest absolute Gasteiger partial charge is 0.301 e. The highest BCUT2D eigenvalue weighted by Gasteiger charge is 2.30. The van der Waals surface area contributed by atoms with Crippen LogP contribution in [0.5, 0.6) is 0 Å². The summed E-state index contributed by atoms with van der Waals surface area (Å²) in [6, 6.07) is 0. The van der Waals surface area contributed by atoms with Crippen LogP contribution in [-0.2, 0) is 0 Å². The lowest BCUT2D eigenvalue weighted by Gasteiger charge is -2.38. The number of hydrogen-bond acceptors (Lipinski definition) is 1. The van der Waals surface area contributed by atoms with Crippen molar-refractivity contribution in [2.45, 2.75) is 31.7 Å². The van der Waals surface area contributed by atoms with E-state index in [4.69, 9.17) is 6.42 Å². The molecule has 1 saturated carbocycles. The van der Waals surface area contributed by atoms with Gasteiger partial charge >= 0.3 is 0 Å². The van der Waals surface area contributed by atoms with Crippen LogP contribution in [0, 0.1) is 12.3 Å². The van der Waals surface area contributed by atoms with Crippen molar-refractivity contribution in [1.82, 2.24) is 5.32 Å². The van der Waals surface area contributed by atoms with Crippen molar-refractivity contribution < 1.29 is 0 Å². The van der Waals surface area contributed by atoms with Gasteiger partial charge in [0.2, 0.25) is 0 Å². The quantitative estimate of drug-likeness (QED) is 0.543. The number of terminal acetylenes is 1. The highest BCUT2D eigenvalue weighted by atomic mass is 15.0. The molecule has 1 N–H and O–H groups in total. The summed E-state index contributed by atoms with van der Waals surface area (Å²) in [5.41, 5.74) is 0.381. The van der Waals surface area contributed by atoms with Crippen LogP contribution in [0.4, 0.5) is 0 Å². The molecule has 0 saturated heterocycles. The molecular formula is C8H13N. The van der Waals surface area contributed by atoms with Crippen molar-refractivity contribution in [3.8, 4) is 12.3 Å². The van der Waals surface area contributed by atoms with Gasteiger partial charge in [0.1, 0.15) is 0 Å². The molecule has 0 aromatic rings. The van der Waals surface area contributed by atoms with E-state index in [1.54, 1.807) is 0 Å². The predicted molar refractivity (Wildman–Crippen MR) is 39.1 cm³/mol. The van der Waals surface area contributed by atoms with Crippen molar-refractivity contribution in [2.75, 3.05) is 6.54 Å². The standard InChI is InChI=1S/C8H13N/c1-3-7-9-8(2)5-4-6-8/h1,9H,4-7H2,2H3. The molecule has 50 valence electrons. The molecule has 1 nitrogen and oxygen atoms in total. The van der Waals surface area contributed by atoms with Crippen LogP contribution in [0.1, 0.15) is 26.2 Å². The summed E-state index contributed by atoms with van der Waals surface area (Å²) in [6.45, 7) is 2.95. The lowest BCUT2D eigenvalue weighted by molar-refractivity contribution is 0.218. The molecule has 0 aromatic heterocycles. The molecule has 9 heavy (non-hydrogen) atoms. The average Bonchev–Trinajstić information content (AvgIpc) is 1.79. The maximum atomic E-state index is 5.10. The van der Waals surface area contributed by atoms with Crippen molar-refractivity contribution >= 4 is 0 Å². The van der Waals surface area contributed by atoms with Crippen molar-refractivity contribution in [1.29, 1.82) is 0 Å². The normalized spacial score (nSPS) is 22.2. The average molecular weight is 123 g/mol. The van der Waals surface area contributed by atoms with Gasteiger partial charge in [-0.3, -0.25) is 0 Å². The fourth-order valence-corrected chi connectivity index (χ4v) is 1.15. The van der Waals surface area contributed by atoms with Gasteiger partial charge in [0, 0.05) is 5.54 Å². The summed E-state index contributed by atoms with van der Waals surface area (Å²) >= 11 is 0. The minimum Gasteiger partial charge on any atom is -0.301 e. The fourth-order valence-electron chi connectivity index (χ4n) is 1.15. The van der Waals surface area contributed by atoms with Gasteiger partial charge in [-0.25, -0.2) is 0 Å². The van der Waals surface area contributed by atoms with E-state index in [1.165, 1.54) is 19.3 Å². The highest BCUT2D eigenvalue weighted by Crippen LogP contribution is 2.30. The first-order valence-corrected chi connectivity index (χ1v) is 3.45. The van der Waals surface area contributed by atoms with Gasteiger partial charge in [-0.15, -0.1) is 6.42 Å². The molecule has 0 unspecified atom stereocenters. The van der Waals surface area contributed by atoms with Crippen LogP contribution in [-0.4, -0.2) is 12.1 Å². The van der Waals surface area contributed by atoms with E-state index in [0.717, 1.165) is 6.54 Å². The van der Waals surface area contributed by atoms with Crippen LogP contribution < -0.4 is 5.32 Å². The Bertz CT molecular complexity index is 128. The lowest BCUT2D eigenvalue weighted by atomic mass is 9.79. The Hall–Kier alpha value is -0.480. The second-order valence-corrected chi connectivity index (χ2v) is 2.97. The second kappa shape index (κ2) is 2.41. The first-order valence-electron chi connectivity index (χ1n) is 3.45. The molecule has 1 aliphatic carbocycles. The molecule has 1 heteroatoms.